The number of guanidine groups is 1. The second-order valence-electron chi connectivity index (χ2n) is 7.13. The molecule has 1 aliphatic rings. The number of carbonyl (C=O) groups is 1. The standard InChI is InChI=1S/C17H29N5O2/c1-7-18-16(19-9-14-8-13(4)20-24-14)21-10-15(23)22(12(2)3)17(5,6)11-21/h8,12H,7,9-11H2,1-6H3,(H,18,19). The maximum Gasteiger partial charge on any atom is 0.242 e. The quantitative estimate of drug-likeness (QED) is 0.671. The Balaban J connectivity index is 2.17. The number of hydrogen-bond donors (Lipinski definition) is 1. The van der Waals surface area contributed by atoms with Crippen LogP contribution < -0.4 is 5.32 Å². The van der Waals surface area contributed by atoms with Crippen LogP contribution in [0, 0.1) is 6.92 Å². The zero-order valence-electron chi connectivity index (χ0n) is 15.6. The Kier molecular flexibility index (Phi) is 5.51. The molecule has 0 saturated carbocycles. The first-order chi connectivity index (χ1) is 11.2. The number of hydrogen-bond acceptors (Lipinski definition) is 4. The molecule has 1 N–H and O–H groups in total. The normalized spacial score (nSPS) is 18.5. The molecular weight excluding hydrogens is 306 g/mol. The summed E-state index contributed by atoms with van der Waals surface area (Å²) in [6.45, 7) is 14.4. The fourth-order valence-corrected chi connectivity index (χ4v) is 3.38. The van der Waals surface area contributed by atoms with Gasteiger partial charge in [0.05, 0.1) is 17.8 Å². The second-order valence-corrected chi connectivity index (χ2v) is 7.13. The maximum atomic E-state index is 12.6. The van der Waals surface area contributed by atoms with Crippen LogP contribution >= 0.6 is 0 Å². The number of piperazine rings is 1. The van der Waals surface area contributed by atoms with E-state index in [1.165, 1.54) is 0 Å². The third-order valence-corrected chi connectivity index (χ3v) is 4.04. The molecule has 2 rings (SSSR count). The van der Waals surface area contributed by atoms with Gasteiger partial charge in [0.2, 0.25) is 5.91 Å². The van der Waals surface area contributed by atoms with Crippen LogP contribution in [0.15, 0.2) is 15.6 Å². The lowest BCUT2D eigenvalue weighted by atomic mass is 9.96. The Hall–Kier alpha value is -2.05. The van der Waals surface area contributed by atoms with Crippen molar-refractivity contribution in [1.29, 1.82) is 0 Å². The zero-order valence-corrected chi connectivity index (χ0v) is 15.6. The number of nitrogens with zero attached hydrogens (tertiary/aromatic N) is 4. The van der Waals surface area contributed by atoms with E-state index < -0.39 is 0 Å². The number of aliphatic imine (C=N–C) groups is 1. The van der Waals surface area contributed by atoms with E-state index in [9.17, 15) is 4.79 Å². The predicted octanol–water partition coefficient (Wildman–Crippen LogP) is 1.78. The molecule has 24 heavy (non-hydrogen) atoms. The van der Waals surface area contributed by atoms with Gasteiger partial charge in [0.1, 0.15) is 6.54 Å². The second kappa shape index (κ2) is 7.23. The molecule has 0 aliphatic carbocycles. The molecule has 1 aromatic heterocycles. The minimum absolute atomic E-state index is 0.127. The first kappa shape index (κ1) is 18.3. The summed E-state index contributed by atoms with van der Waals surface area (Å²) in [6, 6.07) is 2.06. The van der Waals surface area contributed by atoms with Crippen LogP contribution in [0.1, 0.15) is 46.1 Å². The lowest BCUT2D eigenvalue weighted by Crippen LogP contribution is -2.66. The molecule has 134 valence electrons. The van der Waals surface area contributed by atoms with Crippen LogP contribution in [0.4, 0.5) is 0 Å². The van der Waals surface area contributed by atoms with E-state index in [2.05, 4.69) is 43.2 Å². The van der Waals surface area contributed by atoms with Gasteiger partial charge in [-0.05, 0) is 41.5 Å². The van der Waals surface area contributed by atoms with Crippen molar-refractivity contribution in [3.05, 3.63) is 17.5 Å². The maximum absolute atomic E-state index is 12.6. The minimum Gasteiger partial charge on any atom is -0.359 e. The topological polar surface area (TPSA) is 74.0 Å². The lowest BCUT2D eigenvalue weighted by Gasteiger charge is -2.49. The van der Waals surface area contributed by atoms with Crippen molar-refractivity contribution in [2.24, 2.45) is 4.99 Å². The average Bonchev–Trinajstić information content (AvgIpc) is 2.86. The van der Waals surface area contributed by atoms with E-state index in [0.29, 0.717) is 18.8 Å². The molecule has 0 aromatic carbocycles. The third kappa shape index (κ3) is 4.07. The molecule has 1 fully saturated rings. The summed E-state index contributed by atoms with van der Waals surface area (Å²) in [4.78, 5) is 21.2. The number of nitrogens with one attached hydrogen (secondary N) is 1. The Bertz CT molecular complexity index is 606. The third-order valence-electron chi connectivity index (χ3n) is 4.04. The molecule has 1 aliphatic heterocycles. The molecular formula is C17H29N5O2. The summed E-state index contributed by atoms with van der Waals surface area (Å²) in [6.07, 6.45) is 0. The van der Waals surface area contributed by atoms with Gasteiger partial charge in [-0.15, -0.1) is 0 Å². The van der Waals surface area contributed by atoms with E-state index in [-0.39, 0.29) is 17.5 Å². The van der Waals surface area contributed by atoms with Gasteiger partial charge >= 0.3 is 0 Å². The number of aryl methyl sites for hydroxylation is 1. The van der Waals surface area contributed by atoms with Gasteiger partial charge in [-0.25, -0.2) is 4.99 Å². The van der Waals surface area contributed by atoms with Gasteiger partial charge in [-0.1, -0.05) is 5.16 Å². The molecule has 0 unspecified atom stereocenters. The van der Waals surface area contributed by atoms with E-state index in [1.807, 2.05) is 29.7 Å². The van der Waals surface area contributed by atoms with Crippen LogP contribution in [0.25, 0.3) is 0 Å². The van der Waals surface area contributed by atoms with Crippen LogP contribution in [0.3, 0.4) is 0 Å². The fourth-order valence-electron chi connectivity index (χ4n) is 3.38. The highest BCUT2D eigenvalue weighted by Gasteiger charge is 2.40. The highest BCUT2D eigenvalue weighted by molar-refractivity contribution is 5.88. The monoisotopic (exact) mass is 335 g/mol. The number of aromatic nitrogens is 1. The SMILES string of the molecule is CCNC(=NCc1cc(C)no1)N1CC(=O)N(C(C)C)C(C)(C)C1. The molecule has 7 heteroatoms. The lowest BCUT2D eigenvalue weighted by molar-refractivity contribution is -0.145. The summed E-state index contributed by atoms with van der Waals surface area (Å²) >= 11 is 0. The zero-order chi connectivity index (χ0) is 17.9. The van der Waals surface area contributed by atoms with E-state index in [4.69, 9.17) is 4.52 Å². The summed E-state index contributed by atoms with van der Waals surface area (Å²) in [7, 11) is 0. The first-order valence-corrected chi connectivity index (χ1v) is 8.52. The predicted molar refractivity (Wildman–Crippen MR) is 93.7 cm³/mol. The highest BCUT2D eigenvalue weighted by atomic mass is 16.5. The van der Waals surface area contributed by atoms with E-state index in [1.54, 1.807) is 0 Å². The van der Waals surface area contributed by atoms with Gasteiger partial charge in [-0.3, -0.25) is 4.79 Å². The minimum atomic E-state index is -0.248. The van der Waals surface area contributed by atoms with Crippen molar-refractivity contribution in [1.82, 2.24) is 20.3 Å². The van der Waals surface area contributed by atoms with Gasteiger partial charge < -0.3 is 19.6 Å². The summed E-state index contributed by atoms with van der Waals surface area (Å²) in [5, 5.41) is 7.15. The Morgan fingerprint density at radius 2 is 2.21 bits per heavy atom. The van der Waals surface area contributed by atoms with E-state index in [0.717, 1.165) is 24.7 Å². The van der Waals surface area contributed by atoms with Crippen LogP contribution in [-0.2, 0) is 11.3 Å². The number of amides is 1. The van der Waals surface area contributed by atoms with Crippen LogP contribution in [0.2, 0.25) is 0 Å². The van der Waals surface area contributed by atoms with Crippen LogP contribution in [-0.4, -0.2) is 58.0 Å². The van der Waals surface area contributed by atoms with Crippen molar-refractivity contribution >= 4 is 11.9 Å². The smallest absolute Gasteiger partial charge is 0.242 e. The van der Waals surface area contributed by atoms with Crippen molar-refractivity contribution in [3.63, 3.8) is 0 Å². The Morgan fingerprint density at radius 3 is 2.71 bits per heavy atom. The van der Waals surface area contributed by atoms with Gasteiger partial charge in [-0.2, -0.15) is 0 Å². The molecule has 0 radical (unpaired) electrons. The molecule has 1 aromatic rings. The summed E-state index contributed by atoms with van der Waals surface area (Å²) in [5.41, 5.74) is 0.592. The average molecular weight is 335 g/mol. The molecule has 7 nitrogen and oxygen atoms in total. The molecule has 0 bridgehead atoms. The van der Waals surface area contributed by atoms with Crippen molar-refractivity contribution in [2.75, 3.05) is 19.6 Å². The highest BCUT2D eigenvalue weighted by Crippen LogP contribution is 2.24. The molecule has 0 spiro atoms. The fraction of sp³-hybridized carbons (Fsp3) is 0.706. The van der Waals surface area contributed by atoms with Gasteiger partial charge in [0.25, 0.3) is 0 Å². The number of carbonyl (C=O) groups excluding carboxylic acids is 1. The molecule has 1 amide bonds. The van der Waals surface area contributed by atoms with E-state index >= 15 is 0 Å². The molecule has 1 saturated heterocycles. The van der Waals surface area contributed by atoms with Crippen LogP contribution in [0.5, 0.6) is 0 Å². The molecule has 0 atom stereocenters. The Labute approximate surface area is 144 Å². The number of rotatable bonds is 4. The Morgan fingerprint density at radius 1 is 1.50 bits per heavy atom. The first-order valence-electron chi connectivity index (χ1n) is 8.52. The molecule has 2 heterocycles. The largest absolute Gasteiger partial charge is 0.359 e. The summed E-state index contributed by atoms with van der Waals surface area (Å²) in [5.74, 6) is 1.58. The summed E-state index contributed by atoms with van der Waals surface area (Å²) < 4.78 is 5.21. The van der Waals surface area contributed by atoms with Crippen molar-refractivity contribution < 1.29 is 9.32 Å². The van der Waals surface area contributed by atoms with Crippen molar-refractivity contribution in [2.45, 2.75) is 59.7 Å². The van der Waals surface area contributed by atoms with Gasteiger partial charge in [0.15, 0.2) is 11.7 Å². The van der Waals surface area contributed by atoms with Gasteiger partial charge in [0, 0.05) is 25.2 Å². The van der Waals surface area contributed by atoms with Crippen molar-refractivity contribution in [3.8, 4) is 0 Å².